The Morgan fingerprint density at radius 1 is 0.714 bits per heavy atom. The molecule has 2 aromatic carbocycles. The number of carbonyl (C=O) groups excluding carboxylic acids is 5. The number of methoxy groups -OCH3 is 2. The molecular formula is C54H70N12O9S2. The van der Waals surface area contributed by atoms with Crippen LogP contribution in [0.3, 0.4) is 0 Å². The van der Waals surface area contributed by atoms with Crippen molar-refractivity contribution >= 4 is 90.0 Å². The highest BCUT2D eigenvalue weighted by molar-refractivity contribution is 7.18. The third-order valence-electron chi connectivity index (χ3n) is 13.7. The topological polar surface area (TPSA) is 291 Å². The quantitative estimate of drug-likeness (QED) is 0.0653. The second kappa shape index (κ2) is 26.7. The Kier molecular flexibility index (Phi) is 20.5. The van der Waals surface area contributed by atoms with Crippen molar-refractivity contribution in [3.63, 3.8) is 0 Å². The molecule has 6 atom stereocenters. The number of piperidine rings is 2. The molecule has 21 nitrogen and oxygen atoms in total. The molecule has 0 radical (unpaired) electrons. The molecule has 6 heterocycles. The first-order valence-corrected chi connectivity index (χ1v) is 26.9. The van der Waals surface area contributed by atoms with E-state index in [-0.39, 0.29) is 46.2 Å². The van der Waals surface area contributed by atoms with Gasteiger partial charge in [-0.05, 0) is 134 Å². The molecule has 0 unspecified atom stereocenters. The summed E-state index contributed by atoms with van der Waals surface area (Å²) in [5.74, 6) is -4.80. The molecule has 0 saturated carbocycles. The van der Waals surface area contributed by atoms with Gasteiger partial charge in [0.2, 0.25) is 11.8 Å². The minimum absolute atomic E-state index is 0.00850. The molecule has 8 N–H and O–H groups in total. The number of nitrogens with two attached hydrogens (primary N) is 2. The Bertz CT molecular complexity index is 3080. The SMILES string of the molecule is COc1ncc(NC(=O)C(=O)N2C[C@@H](C)CC[C@@H]2c2ccc3sc(C[C@@H](C)N(C)C)nc3c2)cc1C(N)=O.COc1ncc(NC(=O)C(=O)O)cc1C(N)=O.C[C@H]1CC[C@H](c2ccc3sc(C[C@@H](C)N(C)C)nc3c2)NC1. The van der Waals surface area contributed by atoms with E-state index in [2.05, 4.69) is 111 Å². The number of ether oxygens (including phenoxy) is 2. The minimum atomic E-state index is -1.65. The van der Waals surface area contributed by atoms with Gasteiger partial charge in [-0.25, -0.2) is 24.7 Å². The number of hydrogen-bond donors (Lipinski definition) is 6. The molecule has 0 aliphatic carbocycles. The maximum absolute atomic E-state index is 13.4. The van der Waals surface area contributed by atoms with E-state index in [1.807, 2.05) is 28.8 Å². The summed E-state index contributed by atoms with van der Waals surface area (Å²) in [5, 5.41) is 19.0. The lowest BCUT2D eigenvalue weighted by atomic mass is 9.89. The number of anilines is 2. The van der Waals surface area contributed by atoms with Gasteiger partial charge in [-0.1, -0.05) is 26.0 Å². The fourth-order valence-corrected chi connectivity index (χ4v) is 10.8. The second-order valence-corrected chi connectivity index (χ2v) is 22.2. The van der Waals surface area contributed by atoms with Crippen LogP contribution in [0.2, 0.25) is 0 Å². The van der Waals surface area contributed by atoms with Crippen molar-refractivity contribution < 1.29 is 43.3 Å². The summed E-state index contributed by atoms with van der Waals surface area (Å²) in [4.78, 5) is 93.8. The molecule has 2 aliphatic heterocycles. The number of thiazole rings is 2. The third kappa shape index (κ3) is 15.7. The smallest absolute Gasteiger partial charge is 0.394 e. The zero-order valence-electron chi connectivity index (χ0n) is 45.2. The van der Waals surface area contributed by atoms with Crippen LogP contribution < -0.4 is 36.9 Å². The van der Waals surface area contributed by atoms with Gasteiger partial charge in [-0.15, -0.1) is 22.7 Å². The van der Waals surface area contributed by atoms with E-state index in [0.717, 1.165) is 65.1 Å². The van der Waals surface area contributed by atoms with Crippen LogP contribution in [-0.4, -0.2) is 143 Å². The van der Waals surface area contributed by atoms with E-state index < -0.39 is 35.5 Å². The molecule has 4 aromatic heterocycles. The predicted molar refractivity (Wildman–Crippen MR) is 298 cm³/mol. The van der Waals surface area contributed by atoms with E-state index in [0.29, 0.717) is 24.7 Å². The predicted octanol–water partition coefficient (Wildman–Crippen LogP) is 6.29. The first-order valence-electron chi connectivity index (χ1n) is 25.2. The number of likely N-dealkylation sites (N-methyl/N-ethyl adjacent to an activating group) is 2. The highest BCUT2D eigenvalue weighted by atomic mass is 32.1. The number of primary amides is 2. The lowest BCUT2D eigenvalue weighted by Crippen LogP contribution is -2.46. The van der Waals surface area contributed by atoms with Crippen molar-refractivity contribution in [3.05, 3.63) is 93.2 Å². The van der Waals surface area contributed by atoms with Gasteiger partial charge in [0.25, 0.3) is 11.8 Å². The van der Waals surface area contributed by atoms with E-state index >= 15 is 0 Å². The molecule has 23 heteroatoms. The van der Waals surface area contributed by atoms with Crippen LogP contribution >= 0.6 is 22.7 Å². The monoisotopic (exact) mass is 1090 g/mol. The van der Waals surface area contributed by atoms with Crippen LogP contribution in [-0.2, 0) is 32.0 Å². The van der Waals surface area contributed by atoms with E-state index in [1.54, 1.807) is 16.2 Å². The molecule has 6 aromatic rings. The number of benzene rings is 2. The molecule has 77 heavy (non-hydrogen) atoms. The van der Waals surface area contributed by atoms with E-state index in [4.69, 9.17) is 36.0 Å². The zero-order chi connectivity index (χ0) is 56.2. The Morgan fingerprint density at radius 3 is 1.65 bits per heavy atom. The number of aliphatic carboxylic acids is 1. The number of amides is 5. The van der Waals surface area contributed by atoms with Crippen molar-refractivity contribution in [2.24, 2.45) is 23.3 Å². The van der Waals surface area contributed by atoms with Crippen LogP contribution in [0.1, 0.15) is 107 Å². The number of likely N-dealkylation sites (tertiary alicyclic amines) is 1. The van der Waals surface area contributed by atoms with Gasteiger partial charge in [0.05, 0.1) is 74.5 Å². The summed E-state index contributed by atoms with van der Waals surface area (Å²) in [7, 11) is 11.0. The van der Waals surface area contributed by atoms with Gasteiger partial charge in [-0.3, -0.25) is 24.0 Å². The fraction of sp³-hybridized carbons (Fsp3) is 0.444. The van der Waals surface area contributed by atoms with E-state index in [9.17, 15) is 28.8 Å². The summed E-state index contributed by atoms with van der Waals surface area (Å²) in [6.07, 6.45) is 8.60. The standard InChI is InChI=1S/C27H34N6O4S.C18H27N3S.C9H9N3O5/c1-15-6-8-21(17-7-9-22-20(11-17)31-23(38-22)10-16(2)32(3)4)33(14-15)27(36)25(35)30-18-12-19(24(28)34)26(37-5)29-13-18;1-12-5-7-15(19-11-12)14-6-8-17-16(10-14)20-18(22-17)9-13(2)21(3)4;1-17-8-5(6(10)13)2-4(3-11-8)12-7(14)9(15)16/h7,9,11-13,15-16,21H,6,8,10,14H2,1-5H3,(H2,28,34)(H,30,35);6,8,10,12-13,15,19H,5,7,9,11H2,1-4H3;2-3H,1H3,(H2,10,13)(H,12,14)(H,15,16)/t15-,16+,21+;12-,13+,15+;/m00./s1. The second-order valence-electron chi connectivity index (χ2n) is 20.0. The Morgan fingerprint density at radius 2 is 1.19 bits per heavy atom. The summed E-state index contributed by atoms with van der Waals surface area (Å²) in [5.41, 5.74) is 15.1. The van der Waals surface area contributed by atoms with Crippen LogP contribution in [0.25, 0.3) is 20.4 Å². The number of carboxylic acids is 1. The fourth-order valence-electron chi connectivity index (χ4n) is 8.68. The summed E-state index contributed by atoms with van der Waals surface area (Å²) < 4.78 is 12.2. The van der Waals surface area contributed by atoms with E-state index in [1.165, 1.54) is 66.2 Å². The lowest BCUT2D eigenvalue weighted by Gasteiger charge is -2.38. The van der Waals surface area contributed by atoms with Gasteiger partial charge in [-0.2, -0.15) is 0 Å². The maximum Gasteiger partial charge on any atom is 0.394 e. The Hall–Kier alpha value is -7.18. The summed E-state index contributed by atoms with van der Waals surface area (Å²) in [6, 6.07) is 16.7. The molecule has 412 valence electrons. The summed E-state index contributed by atoms with van der Waals surface area (Å²) >= 11 is 3.53. The molecule has 2 fully saturated rings. The van der Waals surface area contributed by atoms with Crippen LogP contribution in [0.15, 0.2) is 60.9 Å². The Balaban J connectivity index is 0.000000207. The average Bonchev–Trinajstić information content (AvgIpc) is 4.01. The Labute approximate surface area is 456 Å². The molecule has 0 spiro atoms. The minimum Gasteiger partial charge on any atom is -0.480 e. The number of nitrogens with one attached hydrogen (secondary N) is 3. The van der Waals surface area contributed by atoms with Crippen molar-refractivity contribution in [2.45, 2.75) is 90.4 Å². The number of nitrogens with zero attached hydrogens (tertiary/aromatic N) is 7. The molecule has 2 saturated heterocycles. The first kappa shape index (κ1) is 59.1. The highest BCUT2D eigenvalue weighted by Gasteiger charge is 2.35. The first-order chi connectivity index (χ1) is 36.5. The van der Waals surface area contributed by atoms with Gasteiger partial charge in [0, 0.05) is 37.5 Å². The third-order valence-corrected chi connectivity index (χ3v) is 15.8. The van der Waals surface area contributed by atoms with Crippen molar-refractivity contribution in [1.82, 2.24) is 40.0 Å². The number of pyridine rings is 2. The van der Waals surface area contributed by atoms with Gasteiger partial charge < -0.3 is 56.7 Å². The van der Waals surface area contributed by atoms with Gasteiger partial charge >= 0.3 is 23.7 Å². The van der Waals surface area contributed by atoms with Crippen LogP contribution in [0.4, 0.5) is 11.4 Å². The maximum atomic E-state index is 13.4. The van der Waals surface area contributed by atoms with Crippen molar-refractivity contribution in [3.8, 4) is 11.8 Å². The molecule has 2 aliphatic rings. The number of fused-ring (bicyclic) bond motifs is 2. The summed E-state index contributed by atoms with van der Waals surface area (Å²) in [6.45, 7) is 10.4. The van der Waals surface area contributed by atoms with Gasteiger partial charge in [0.15, 0.2) is 0 Å². The number of aromatic nitrogens is 4. The van der Waals surface area contributed by atoms with Gasteiger partial charge in [0.1, 0.15) is 11.1 Å². The average molecular weight is 1100 g/mol. The zero-order valence-corrected chi connectivity index (χ0v) is 46.8. The van der Waals surface area contributed by atoms with Crippen molar-refractivity contribution in [2.75, 3.05) is 66.1 Å². The molecule has 5 amide bonds. The van der Waals surface area contributed by atoms with Crippen molar-refractivity contribution in [1.29, 1.82) is 0 Å². The number of carbonyl (C=O) groups is 6. The number of carboxylic acid groups (broad SMARTS) is 1. The highest BCUT2D eigenvalue weighted by Crippen LogP contribution is 2.36. The molecule has 0 bridgehead atoms. The van der Waals surface area contributed by atoms with Crippen LogP contribution in [0.5, 0.6) is 11.8 Å². The lowest BCUT2D eigenvalue weighted by molar-refractivity contribution is -0.147. The largest absolute Gasteiger partial charge is 0.480 e. The number of rotatable bonds is 14. The number of hydrogen-bond acceptors (Lipinski definition) is 17. The van der Waals surface area contributed by atoms with Crippen LogP contribution in [0, 0.1) is 11.8 Å². The normalized spacial score (nSPS) is 18.1. The molecule has 8 rings (SSSR count). The molecular weight excluding hydrogens is 1020 g/mol.